The minimum atomic E-state index is -1.62. The van der Waals surface area contributed by atoms with Crippen LogP contribution in [0.2, 0.25) is 0 Å². The van der Waals surface area contributed by atoms with Crippen LogP contribution in [-0.4, -0.2) is 86.5 Å². The number of carbonyl (C=O) groups excluding carboxylic acids is 2. The van der Waals surface area contributed by atoms with Gasteiger partial charge in [0.25, 0.3) is 5.91 Å². The normalized spacial score (nSPS) is 38.9. The van der Waals surface area contributed by atoms with Gasteiger partial charge in [-0.1, -0.05) is 38.4 Å². The van der Waals surface area contributed by atoms with Crippen LogP contribution in [0.5, 0.6) is 0 Å². The van der Waals surface area contributed by atoms with Crippen molar-refractivity contribution in [3.63, 3.8) is 0 Å². The summed E-state index contributed by atoms with van der Waals surface area (Å²) in [6.07, 6.45) is 3.96. The van der Waals surface area contributed by atoms with Crippen LogP contribution >= 0.6 is 0 Å². The van der Waals surface area contributed by atoms with E-state index in [2.05, 4.69) is 17.4 Å². The van der Waals surface area contributed by atoms with Crippen LogP contribution < -0.4 is 5.32 Å². The van der Waals surface area contributed by atoms with E-state index in [1.165, 1.54) is 5.57 Å². The molecule has 6 N–H and O–H groups in total. The molecule has 1 amide bonds. The Balaban J connectivity index is 1.41. The molecule has 0 saturated heterocycles. The van der Waals surface area contributed by atoms with Crippen LogP contribution in [0.15, 0.2) is 16.8 Å². The highest BCUT2D eigenvalue weighted by Crippen LogP contribution is 2.67. The molecule has 8 atom stereocenters. The zero-order valence-corrected chi connectivity index (χ0v) is 23.9. The van der Waals surface area contributed by atoms with Gasteiger partial charge in [-0.25, -0.2) is 4.79 Å². The number of aliphatic carboxylic acids is 1. The first kappa shape index (κ1) is 30.6. The van der Waals surface area contributed by atoms with Crippen LogP contribution in [0.3, 0.4) is 0 Å². The smallest absolute Gasteiger partial charge is 0.333 e. The van der Waals surface area contributed by atoms with Gasteiger partial charge in [-0.2, -0.15) is 0 Å². The van der Waals surface area contributed by atoms with Crippen LogP contribution in [0.4, 0.5) is 0 Å². The number of rotatable bonds is 9. The average molecular weight is 565 g/mol. The number of fused-ring (bicyclic) bond motifs is 5. The predicted molar refractivity (Wildman–Crippen MR) is 144 cm³/mol. The van der Waals surface area contributed by atoms with Gasteiger partial charge < -0.3 is 35.7 Å². The number of nitrogens with one attached hydrogen (secondary N) is 1. The van der Waals surface area contributed by atoms with E-state index < -0.39 is 52.9 Å². The van der Waals surface area contributed by atoms with Crippen LogP contribution in [0, 0.1) is 34.0 Å². The number of hydrogen-bond donors (Lipinski definition) is 6. The second-order valence-corrected chi connectivity index (χ2v) is 13.5. The number of carbonyl (C=O) groups is 3. The third kappa shape index (κ3) is 4.99. The van der Waals surface area contributed by atoms with Gasteiger partial charge in [0.15, 0.2) is 18.5 Å². The molecular weight excluding hydrogens is 520 g/mol. The fourth-order valence-corrected chi connectivity index (χ4v) is 8.35. The molecule has 224 valence electrons. The van der Waals surface area contributed by atoms with Crippen molar-refractivity contribution >= 4 is 23.4 Å². The maximum Gasteiger partial charge on any atom is 0.333 e. The molecule has 0 aromatic carbocycles. The lowest BCUT2D eigenvalue weighted by Gasteiger charge is -2.60. The molecule has 4 rings (SSSR count). The Hall–Kier alpha value is -2.34. The number of aliphatic hydroxyl groups excluding tert-OH is 3. The highest BCUT2D eigenvalue weighted by Gasteiger charge is 2.68. The quantitative estimate of drug-likeness (QED) is 0.224. The Labute approximate surface area is 234 Å². The zero-order chi connectivity index (χ0) is 29.7. The molecule has 40 heavy (non-hydrogen) atoms. The number of carboxylic acids is 1. The molecule has 0 unspecified atom stereocenters. The molecule has 0 radical (unpaired) electrons. The molecule has 0 aromatic rings. The number of amides is 1. The van der Waals surface area contributed by atoms with Crippen molar-refractivity contribution in [2.75, 3.05) is 19.8 Å². The van der Waals surface area contributed by atoms with Gasteiger partial charge in [-0.05, 0) is 74.2 Å². The van der Waals surface area contributed by atoms with Crippen molar-refractivity contribution in [3.8, 4) is 0 Å². The Morgan fingerprint density at radius 2 is 1.90 bits per heavy atom. The number of carboxylic acid groups (broad SMARTS) is 1. The Morgan fingerprint density at radius 3 is 2.55 bits per heavy atom. The van der Waals surface area contributed by atoms with Crippen molar-refractivity contribution in [1.82, 2.24) is 5.32 Å². The standard InChI is InChI=1S/C29H44N2O9/c1-26(2,24(36)25(37)38)15-30-22(35)14-40-31-17-7-9-27(3)16(11-17)5-6-18-19-8-10-29(39,21(34)13-32)28(19,4)12-20(33)23(18)27/h11,18-20,23-24,32-33,36,39H,5-10,12-15H2,1-4H3,(H,30,35)(H,37,38)/b31-17+/t18-,19-,20-,23-,24+,27+,28+,29+/m1/s1. The van der Waals surface area contributed by atoms with Gasteiger partial charge in [0.1, 0.15) is 12.2 Å². The summed E-state index contributed by atoms with van der Waals surface area (Å²) in [6.45, 7) is 6.07. The van der Waals surface area contributed by atoms with Crippen molar-refractivity contribution in [1.29, 1.82) is 0 Å². The maximum absolute atomic E-state index is 12.6. The monoisotopic (exact) mass is 564 g/mol. The lowest BCUT2D eigenvalue weighted by atomic mass is 9.45. The van der Waals surface area contributed by atoms with Crippen molar-refractivity contribution in [3.05, 3.63) is 11.6 Å². The third-order valence-corrected chi connectivity index (χ3v) is 10.8. The van der Waals surface area contributed by atoms with E-state index in [9.17, 15) is 34.8 Å². The van der Waals surface area contributed by atoms with E-state index in [0.29, 0.717) is 31.4 Å². The molecule has 11 nitrogen and oxygen atoms in total. The number of Topliss-reactive ketones (excluding diaryl/α,β-unsaturated/α-hetero) is 1. The van der Waals surface area contributed by atoms with Gasteiger partial charge >= 0.3 is 5.97 Å². The first-order chi connectivity index (χ1) is 18.6. The van der Waals surface area contributed by atoms with E-state index >= 15 is 0 Å². The Kier molecular flexibility index (Phi) is 8.28. The average Bonchev–Trinajstić information content (AvgIpc) is 3.17. The minimum absolute atomic E-state index is 0.0186. The number of nitrogens with zero attached hydrogens (tertiary/aromatic N) is 1. The largest absolute Gasteiger partial charge is 0.479 e. The number of oxime groups is 1. The summed E-state index contributed by atoms with van der Waals surface area (Å²) in [6, 6.07) is 0. The first-order valence-electron chi connectivity index (χ1n) is 14.2. The summed E-state index contributed by atoms with van der Waals surface area (Å²) in [5.41, 5.74) is -1.83. The maximum atomic E-state index is 12.6. The molecule has 0 aromatic heterocycles. The molecule has 3 fully saturated rings. The summed E-state index contributed by atoms with van der Waals surface area (Å²) in [5.74, 6) is -2.18. The van der Waals surface area contributed by atoms with Crippen LogP contribution in [0.1, 0.15) is 72.6 Å². The zero-order valence-electron chi connectivity index (χ0n) is 23.9. The third-order valence-electron chi connectivity index (χ3n) is 10.8. The van der Waals surface area contributed by atoms with Crippen molar-refractivity contribution in [2.45, 2.75) is 90.4 Å². The van der Waals surface area contributed by atoms with E-state index in [4.69, 9.17) is 9.94 Å². The molecule has 4 aliphatic rings. The van der Waals surface area contributed by atoms with Crippen molar-refractivity contribution < 1.29 is 44.8 Å². The summed E-state index contributed by atoms with van der Waals surface area (Å²) in [5, 5.41) is 57.9. The molecule has 0 spiro atoms. The van der Waals surface area contributed by atoms with Crippen LogP contribution in [0.25, 0.3) is 0 Å². The highest BCUT2D eigenvalue weighted by atomic mass is 16.6. The Bertz CT molecular complexity index is 1100. The minimum Gasteiger partial charge on any atom is -0.479 e. The van der Waals surface area contributed by atoms with E-state index in [1.807, 2.05) is 13.0 Å². The molecule has 0 bridgehead atoms. The number of hydrogen-bond acceptors (Lipinski definition) is 9. The number of aliphatic hydroxyl groups is 4. The highest BCUT2D eigenvalue weighted by molar-refractivity contribution is 5.96. The predicted octanol–water partition coefficient (Wildman–Crippen LogP) is 1.17. The molecular formula is C29H44N2O9. The van der Waals surface area contributed by atoms with Crippen molar-refractivity contribution in [2.24, 2.45) is 39.2 Å². The first-order valence-corrected chi connectivity index (χ1v) is 14.2. The summed E-state index contributed by atoms with van der Waals surface area (Å²) in [4.78, 5) is 41.1. The SMILES string of the molecule is CC(C)(CNC(=O)CO/N=C1/C=C2CC[C@H]3[C@H]([C@H](O)C[C@@]4(C)[C@@H]3CC[C@]4(O)C(=O)CO)[C@@]2(C)CC1)[C@@H](O)C(=O)O. The molecule has 0 aliphatic heterocycles. The van der Waals surface area contributed by atoms with Gasteiger partial charge in [0.2, 0.25) is 0 Å². The molecule has 11 heteroatoms. The van der Waals surface area contributed by atoms with Crippen LogP contribution in [-0.2, 0) is 19.2 Å². The molecule has 0 heterocycles. The van der Waals surface area contributed by atoms with Gasteiger partial charge in [-0.3, -0.25) is 9.59 Å². The number of ketones is 1. The second kappa shape index (κ2) is 10.8. The molecule has 4 aliphatic carbocycles. The lowest BCUT2D eigenvalue weighted by molar-refractivity contribution is -0.181. The lowest BCUT2D eigenvalue weighted by Crippen LogP contribution is -2.62. The van der Waals surface area contributed by atoms with Gasteiger partial charge in [0, 0.05) is 17.4 Å². The summed E-state index contributed by atoms with van der Waals surface area (Å²) < 4.78 is 0. The van der Waals surface area contributed by atoms with E-state index in [1.54, 1.807) is 13.8 Å². The van der Waals surface area contributed by atoms with Gasteiger partial charge in [0.05, 0.1) is 11.8 Å². The molecule has 3 saturated carbocycles. The van der Waals surface area contributed by atoms with Gasteiger partial charge in [-0.15, -0.1) is 0 Å². The summed E-state index contributed by atoms with van der Waals surface area (Å²) >= 11 is 0. The summed E-state index contributed by atoms with van der Waals surface area (Å²) in [7, 11) is 0. The number of allylic oxidation sites excluding steroid dienone is 2. The fraction of sp³-hybridized carbons (Fsp3) is 0.793. The Morgan fingerprint density at radius 1 is 1.20 bits per heavy atom. The second-order valence-electron chi connectivity index (χ2n) is 13.5. The fourth-order valence-electron chi connectivity index (χ4n) is 8.35. The van der Waals surface area contributed by atoms with E-state index in [0.717, 1.165) is 19.3 Å². The topological polar surface area (TPSA) is 186 Å². The van der Waals surface area contributed by atoms with E-state index in [-0.39, 0.29) is 36.3 Å².